The van der Waals surface area contributed by atoms with Crippen LogP contribution in [0.25, 0.3) is 28.0 Å². The van der Waals surface area contributed by atoms with E-state index >= 15 is 0 Å². The Morgan fingerprint density at radius 2 is 1.84 bits per heavy atom. The topological polar surface area (TPSA) is 84.2 Å². The zero-order valence-electron chi connectivity index (χ0n) is 19.6. The van der Waals surface area contributed by atoms with E-state index in [2.05, 4.69) is 15.6 Å². The maximum Gasteiger partial charge on any atom is 0.267 e. The number of pyridine rings is 1. The molecular formula is C28H18ClFN6OS. The van der Waals surface area contributed by atoms with Crippen LogP contribution >= 0.6 is 22.9 Å². The van der Waals surface area contributed by atoms with Gasteiger partial charge in [-0.2, -0.15) is 5.10 Å². The Hall–Kier alpha value is -4.60. The van der Waals surface area contributed by atoms with Crippen LogP contribution in [0.4, 0.5) is 21.7 Å². The van der Waals surface area contributed by atoms with E-state index in [9.17, 15) is 9.18 Å². The number of aromatic nitrogens is 4. The number of halogens is 2. The summed E-state index contributed by atoms with van der Waals surface area (Å²) < 4.78 is 15.5. The van der Waals surface area contributed by atoms with E-state index in [0.717, 1.165) is 16.6 Å². The van der Waals surface area contributed by atoms with Crippen molar-refractivity contribution in [2.45, 2.75) is 0 Å². The molecule has 4 aromatic heterocycles. The van der Waals surface area contributed by atoms with Crippen molar-refractivity contribution in [2.24, 2.45) is 0 Å². The zero-order chi connectivity index (χ0) is 26.1. The minimum absolute atomic E-state index is 0.277. The Morgan fingerprint density at radius 3 is 2.68 bits per heavy atom. The van der Waals surface area contributed by atoms with Gasteiger partial charge < -0.3 is 10.6 Å². The van der Waals surface area contributed by atoms with Gasteiger partial charge in [0, 0.05) is 29.3 Å². The molecule has 0 atom stereocenters. The molecule has 38 heavy (non-hydrogen) atoms. The molecule has 1 amide bonds. The van der Waals surface area contributed by atoms with Gasteiger partial charge in [0.1, 0.15) is 16.4 Å². The molecule has 2 aromatic carbocycles. The molecular weight excluding hydrogens is 523 g/mol. The summed E-state index contributed by atoms with van der Waals surface area (Å²) in [5.41, 5.74) is 4.88. The molecule has 0 saturated heterocycles. The van der Waals surface area contributed by atoms with Crippen molar-refractivity contribution in [3.8, 4) is 22.5 Å². The molecule has 6 rings (SSSR count). The maximum absolute atomic E-state index is 13.7. The first-order chi connectivity index (χ1) is 18.5. The molecule has 10 heteroatoms. The van der Waals surface area contributed by atoms with E-state index in [1.807, 2.05) is 48.7 Å². The molecule has 0 aliphatic rings. The molecule has 7 nitrogen and oxygen atoms in total. The minimum atomic E-state index is -0.357. The number of amides is 1. The average Bonchev–Trinajstić information content (AvgIpc) is 3.53. The van der Waals surface area contributed by atoms with Crippen molar-refractivity contribution in [3.05, 3.63) is 112 Å². The smallest absolute Gasteiger partial charge is 0.267 e. The lowest BCUT2D eigenvalue weighted by atomic mass is 10.0. The molecule has 0 spiro atoms. The predicted molar refractivity (Wildman–Crippen MR) is 149 cm³/mol. The number of benzene rings is 2. The quantitative estimate of drug-likeness (QED) is 0.231. The number of carbonyl (C=O) groups excluding carboxylic acids is 1. The van der Waals surface area contributed by atoms with Crippen LogP contribution in [0, 0.1) is 5.82 Å². The third-order valence-electron chi connectivity index (χ3n) is 5.75. The number of hydrogen-bond donors (Lipinski definition) is 2. The van der Waals surface area contributed by atoms with Gasteiger partial charge in [0.05, 0.1) is 21.8 Å². The molecule has 0 bridgehead atoms. The van der Waals surface area contributed by atoms with Crippen LogP contribution in [0.1, 0.15) is 9.67 Å². The summed E-state index contributed by atoms with van der Waals surface area (Å²) >= 11 is 7.42. The van der Waals surface area contributed by atoms with Crippen LogP contribution < -0.4 is 10.6 Å². The van der Waals surface area contributed by atoms with Gasteiger partial charge in [-0.25, -0.2) is 18.9 Å². The van der Waals surface area contributed by atoms with Gasteiger partial charge in [-0.15, -0.1) is 11.3 Å². The second kappa shape index (κ2) is 10.0. The monoisotopic (exact) mass is 540 g/mol. The Kier molecular flexibility index (Phi) is 6.28. The van der Waals surface area contributed by atoms with Gasteiger partial charge >= 0.3 is 0 Å². The molecule has 6 aromatic rings. The van der Waals surface area contributed by atoms with Gasteiger partial charge in [-0.05, 0) is 60.0 Å². The summed E-state index contributed by atoms with van der Waals surface area (Å²) in [6.07, 6.45) is 3.50. The molecule has 0 aliphatic heterocycles. The second-order valence-corrected chi connectivity index (χ2v) is 9.61. The molecule has 0 fully saturated rings. The fraction of sp³-hybridized carbons (Fsp3) is 0. The van der Waals surface area contributed by atoms with E-state index in [0.29, 0.717) is 38.6 Å². The number of anilines is 3. The van der Waals surface area contributed by atoms with Crippen LogP contribution in [-0.2, 0) is 0 Å². The fourth-order valence-electron chi connectivity index (χ4n) is 4.09. The predicted octanol–water partition coefficient (Wildman–Crippen LogP) is 7.31. The minimum Gasteiger partial charge on any atom is -0.324 e. The van der Waals surface area contributed by atoms with Crippen LogP contribution in [0.2, 0.25) is 5.02 Å². The first-order valence-electron chi connectivity index (χ1n) is 11.5. The fourth-order valence-corrected chi connectivity index (χ4v) is 5.13. The molecule has 0 saturated carbocycles. The molecule has 2 N–H and O–H groups in total. The SMILES string of the molecule is O=C(Nc1cccc(-c2nn3ccccc3c2-c2ccnc(Nc3cccc(F)c3)n2)c1)c1sccc1Cl. The standard InChI is InChI=1S/C28H18ClFN6OS/c29-21-11-14-38-26(21)27(37)32-19-7-3-5-17(15-19)25-24(23-9-1-2-13-36(23)35-25)22-10-12-31-28(34-22)33-20-8-4-6-18(30)16-20/h1-16H,(H,32,37)(H,31,33,34). The highest BCUT2D eigenvalue weighted by atomic mass is 35.5. The molecule has 0 radical (unpaired) electrons. The van der Waals surface area contributed by atoms with Gasteiger partial charge in [0.2, 0.25) is 5.95 Å². The highest BCUT2D eigenvalue weighted by Gasteiger charge is 2.19. The summed E-state index contributed by atoms with van der Waals surface area (Å²) in [6, 6.07) is 22.8. The number of nitrogens with zero attached hydrogens (tertiary/aromatic N) is 4. The van der Waals surface area contributed by atoms with Crippen molar-refractivity contribution >= 4 is 51.7 Å². The Balaban J connectivity index is 1.40. The Morgan fingerprint density at radius 1 is 0.974 bits per heavy atom. The number of carbonyl (C=O) groups is 1. The van der Waals surface area contributed by atoms with Crippen LogP contribution in [-0.4, -0.2) is 25.5 Å². The summed E-state index contributed by atoms with van der Waals surface area (Å²) in [6.45, 7) is 0. The van der Waals surface area contributed by atoms with Gasteiger partial charge in [0.15, 0.2) is 0 Å². The summed E-state index contributed by atoms with van der Waals surface area (Å²) in [5, 5.41) is 13.0. The first-order valence-corrected chi connectivity index (χ1v) is 12.8. The second-order valence-electron chi connectivity index (χ2n) is 8.29. The van der Waals surface area contributed by atoms with E-state index in [-0.39, 0.29) is 11.7 Å². The van der Waals surface area contributed by atoms with E-state index in [1.165, 1.54) is 23.5 Å². The number of fused-ring (bicyclic) bond motifs is 1. The molecule has 0 aliphatic carbocycles. The van der Waals surface area contributed by atoms with E-state index in [4.69, 9.17) is 21.7 Å². The Labute approximate surface area is 225 Å². The van der Waals surface area contributed by atoms with Crippen LogP contribution in [0.5, 0.6) is 0 Å². The highest BCUT2D eigenvalue weighted by Crippen LogP contribution is 2.35. The van der Waals surface area contributed by atoms with Gasteiger partial charge in [0.25, 0.3) is 5.91 Å². The van der Waals surface area contributed by atoms with Gasteiger partial charge in [-0.3, -0.25) is 4.79 Å². The Bertz CT molecular complexity index is 1800. The zero-order valence-corrected chi connectivity index (χ0v) is 21.2. The van der Waals surface area contributed by atoms with Crippen molar-refractivity contribution < 1.29 is 9.18 Å². The maximum atomic E-state index is 13.7. The van der Waals surface area contributed by atoms with E-state index in [1.54, 1.807) is 40.4 Å². The lowest BCUT2D eigenvalue weighted by Gasteiger charge is -2.09. The summed E-state index contributed by atoms with van der Waals surface area (Å²) in [4.78, 5) is 22.2. The molecule has 4 heterocycles. The van der Waals surface area contributed by atoms with Gasteiger partial charge in [-0.1, -0.05) is 35.9 Å². The summed E-state index contributed by atoms with van der Waals surface area (Å²) in [7, 11) is 0. The van der Waals surface area contributed by atoms with Crippen molar-refractivity contribution in [1.29, 1.82) is 0 Å². The van der Waals surface area contributed by atoms with Crippen LogP contribution in [0.3, 0.4) is 0 Å². The largest absolute Gasteiger partial charge is 0.324 e. The van der Waals surface area contributed by atoms with E-state index < -0.39 is 0 Å². The first kappa shape index (κ1) is 23.8. The number of thiophene rings is 1. The number of hydrogen-bond acceptors (Lipinski definition) is 6. The molecule has 186 valence electrons. The van der Waals surface area contributed by atoms with Crippen molar-refractivity contribution in [1.82, 2.24) is 19.6 Å². The lowest BCUT2D eigenvalue weighted by molar-refractivity contribution is 0.103. The number of nitrogens with one attached hydrogen (secondary N) is 2. The lowest BCUT2D eigenvalue weighted by Crippen LogP contribution is -2.10. The third kappa shape index (κ3) is 4.72. The number of rotatable bonds is 6. The highest BCUT2D eigenvalue weighted by molar-refractivity contribution is 7.12. The third-order valence-corrected chi connectivity index (χ3v) is 7.09. The molecule has 0 unspecified atom stereocenters. The van der Waals surface area contributed by atoms with Crippen molar-refractivity contribution in [2.75, 3.05) is 10.6 Å². The summed E-state index contributed by atoms with van der Waals surface area (Å²) in [5.74, 6) is -0.311. The van der Waals surface area contributed by atoms with Crippen LogP contribution in [0.15, 0.2) is 96.6 Å². The van der Waals surface area contributed by atoms with Crippen molar-refractivity contribution in [3.63, 3.8) is 0 Å². The normalized spacial score (nSPS) is 11.0. The average molecular weight is 541 g/mol.